The molecule has 5 nitrogen and oxygen atoms in total. The number of aryl methyl sites for hydroxylation is 1. The van der Waals surface area contributed by atoms with E-state index in [4.69, 9.17) is 4.74 Å². The minimum Gasteiger partial charge on any atom is -0.495 e. The summed E-state index contributed by atoms with van der Waals surface area (Å²) in [4.78, 5) is 16.6. The third kappa shape index (κ3) is 3.76. The van der Waals surface area contributed by atoms with Crippen molar-refractivity contribution in [2.45, 2.75) is 19.4 Å². The average Bonchev–Trinajstić information content (AvgIpc) is 3.30. The Morgan fingerprint density at radius 1 is 1.21 bits per heavy atom. The van der Waals surface area contributed by atoms with Gasteiger partial charge in [-0.15, -0.1) is 0 Å². The topological polar surface area (TPSA) is 56.1 Å². The molecule has 0 saturated carbocycles. The predicted molar refractivity (Wildman–Crippen MR) is 105 cm³/mol. The summed E-state index contributed by atoms with van der Waals surface area (Å²) in [5.41, 5.74) is 3.46. The lowest BCUT2D eigenvalue weighted by Crippen LogP contribution is -2.12. The Bertz CT molecular complexity index is 1120. The molecule has 1 aromatic heterocycles. The maximum Gasteiger partial charge on any atom is 0.181 e. The minimum absolute atomic E-state index is 0.0898. The fourth-order valence-electron chi connectivity index (χ4n) is 3.38. The van der Waals surface area contributed by atoms with Gasteiger partial charge in [0, 0.05) is 12.6 Å². The van der Waals surface area contributed by atoms with Crippen LogP contribution in [-0.4, -0.2) is 22.4 Å². The molecule has 29 heavy (non-hydrogen) atoms. The number of ketones is 1. The Labute approximate surface area is 166 Å². The SMILES string of the molecule is COc1cc(/C=C2/N[C@@H](c3ccc(F)c(F)c3)CC2=O)ccc1-n1cnc(C)c1. The summed E-state index contributed by atoms with van der Waals surface area (Å²) in [5.74, 6) is -1.29. The van der Waals surface area contributed by atoms with Crippen molar-refractivity contribution in [1.82, 2.24) is 14.9 Å². The van der Waals surface area contributed by atoms with E-state index in [0.717, 1.165) is 29.1 Å². The van der Waals surface area contributed by atoms with Gasteiger partial charge in [0.25, 0.3) is 0 Å². The second-order valence-electron chi connectivity index (χ2n) is 6.91. The monoisotopic (exact) mass is 395 g/mol. The molecule has 2 aromatic carbocycles. The normalized spacial score (nSPS) is 17.6. The van der Waals surface area contributed by atoms with Crippen molar-refractivity contribution in [2.24, 2.45) is 0 Å². The van der Waals surface area contributed by atoms with Crippen molar-refractivity contribution in [3.05, 3.63) is 83.1 Å². The van der Waals surface area contributed by atoms with Crippen LogP contribution in [0, 0.1) is 18.6 Å². The molecule has 0 amide bonds. The Morgan fingerprint density at radius 3 is 2.72 bits per heavy atom. The van der Waals surface area contributed by atoms with Crippen LogP contribution in [0.4, 0.5) is 8.78 Å². The van der Waals surface area contributed by atoms with E-state index in [-0.39, 0.29) is 18.2 Å². The molecule has 4 rings (SSSR count). The number of carbonyl (C=O) groups excluding carboxylic acids is 1. The molecule has 1 aliphatic rings. The molecular weight excluding hydrogens is 376 g/mol. The molecule has 7 heteroatoms. The fourth-order valence-corrected chi connectivity index (χ4v) is 3.38. The Balaban J connectivity index is 1.60. The van der Waals surface area contributed by atoms with Gasteiger partial charge in [-0.05, 0) is 48.4 Å². The van der Waals surface area contributed by atoms with Crippen molar-refractivity contribution in [3.8, 4) is 11.4 Å². The van der Waals surface area contributed by atoms with Crippen LogP contribution in [-0.2, 0) is 4.79 Å². The Hall–Kier alpha value is -3.48. The zero-order chi connectivity index (χ0) is 20.5. The molecule has 1 N–H and O–H groups in total. The number of nitrogens with zero attached hydrogens (tertiary/aromatic N) is 2. The lowest BCUT2D eigenvalue weighted by molar-refractivity contribution is -0.114. The summed E-state index contributed by atoms with van der Waals surface area (Å²) in [6, 6.07) is 8.88. The number of aromatic nitrogens is 2. The van der Waals surface area contributed by atoms with Gasteiger partial charge in [-0.3, -0.25) is 4.79 Å². The number of hydrogen-bond donors (Lipinski definition) is 1. The van der Waals surface area contributed by atoms with Crippen LogP contribution >= 0.6 is 0 Å². The van der Waals surface area contributed by atoms with Gasteiger partial charge in [-0.1, -0.05) is 12.1 Å². The number of imidazole rings is 1. The Kier molecular flexibility index (Phi) is 4.88. The third-order valence-corrected chi connectivity index (χ3v) is 4.87. The summed E-state index contributed by atoms with van der Waals surface area (Å²) in [6.07, 6.45) is 5.51. The largest absolute Gasteiger partial charge is 0.495 e. The predicted octanol–water partition coefficient (Wildman–Crippen LogP) is 4.11. The van der Waals surface area contributed by atoms with E-state index < -0.39 is 11.6 Å². The van der Waals surface area contributed by atoms with Crippen LogP contribution in [0.5, 0.6) is 5.75 Å². The highest BCUT2D eigenvalue weighted by Crippen LogP contribution is 2.30. The molecule has 0 unspecified atom stereocenters. The number of nitrogens with one attached hydrogen (secondary N) is 1. The molecule has 0 spiro atoms. The minimum atomic E-state index is -0.927. The van der Waals surface area contributed by atoms with Gasteiger partial charge in [0.05, 0.1) is 36.6 Å². The van der Waals surface area contributed by atoms with Gasteiger partial charge in [0.1, 0.15) is 5.75 Å². The van der Waals surface area contributed by atoms with E-state index in [1.54, 1.807) is 19.5 Å². The highest BCUT2D eigenvalue weighted by molar-refractivity contribution is 6.01. The standard InChI is InChI=1S/C22H19F2N3O2/c1-13-11-27(12-25-13)20-6-3-14(8-22(20)29-2)7-19-21(28)10-18(26-19)15-4-5-16(23)17(24)9-15/h3-9,11-12,18,26H,10H2,1-2H3/b19-7+/t18-/m1/s1. The van der Waals surface area contributed by atoms with Crippen LogP contribution in [0.25, 0.3) is 11.8 Å². The number of benzene rings is 2. The first-order valence-electron chi connectivity index (χ1n) is 9.10. The molecule has 1 aliphatic heterocycles. The Morgan fingerprint density at radius 2 is 2.03 bits per heavy atom. The summed E-state index contributed by atoms with van der Waals surface area (Å²) in [7, 11) is 1.58. The van der Waals surface area contributed by atoms with Gasteiger partial charge in [0.15, 0.2) is 17.4 Å². The molecule has 2 heterocycles. The van der Waals surface area contributed by atoms with Crippen LogP contribution < -0.4 is 10.1 Å². The van der Waals surface area contributed by atoms with E-state index in [9.17, 15) is 13.6 Å². The van der Waals surface area contributed by atoms with Crippen molar-refractivity contribution >= 4 is 11.9 Å². The molecule has 0 bridgehead atoms. The molecule has 1 fully saturated rings. The fraction of sp³-hybridized carbons (Fsp3) is 0.182. The number of carbonyl (C=O) groups is 1. The summed E-state index contributed by atoms with van der Waals surface area (Å²) in [6.45, 7) is 1.91. The van der Waals surface area contributed by atoms with E-state index >= 15 is 0 Å². The maximum atomic E-state index is 13.5. The van der Waals surface area contributed by atoms with Gasteiger partial charge in [0.2, 0.25) is 0 Å². The van der Waals surface area contributed by atoms with Gasteiger partial charge in [-0.25, -0.2) is 13.8 Å². The van der Waals surface area contributed by atoms with Gasteiger partial charge >= 0.3 is 0 Å². The number of methoxy groups -OCH3 is 1. The number of halogens is 2. The smallest absolute Gasteiger partial charge is 0.181 e. The zero-order valence-corrected chi connectivity index (χ0v) is 15.9. The van der Waals surface area contributed by atoms with E-state index in [2.05, 4.69) is 10.3 Å². The van der Waals surface area contributed by atoms with E-state index in [0.29, 0.717) is 17.0 Å². The highest BCUT2D eigenvalue weighted by atomic mass is 19.2. The second-order valence-corrected chi connectivity index (χ2v) is 6.91. The first kappa shape index (κ1) is 18.9. The lowest BCUT2D eigenvalue weighted by Gasteiger charge is -2.12. The summed E-state index contributed by atoms with van der Waals surface area (Å²) in [5, 5.41) is 3.11. The van der Waals surface area contributed by atoms with Gasteiger partial charge < -0.3 is 14.6 Å². The van der Waals surface area contributed by atoms with Crippen LogP contribution in [0.2, 0.25) is 0 Å². The highest BCUT2D eigenvalue weighted by Gasteiger charge is 2.28. The van der Waals surface area contributed by atoms with Gasteiger partial charge in [-0.2, -0.15) is 0 Å². The van der Waals surface area contributed by atoms with Crippen LogP contribution in [0.3, 0.4) is 0 Å². The number of ether oxygens (including phenoxy) is 1. The quantitative estimate of drug-likeness (QED) is 0.676. The van der Waals surface area contributed by atoms with Crippen molar-refractivity contribution in [3.63, 3.8) is 0 Å². The molecule has 1 atom stereocenters. The molecule has 0 radical (unpaired) electrons. The number of allylic oxidation sites excluding steroid dienone is 1. The molecule has 1 saturated heterocycles. The zero-order valence-electron chi connectivity index (χ0n) is 15.9. The molecule has 3 aromatic rings. The maximum absolute atomic E-state index is 13.5. The van der Waals surface area contributed by atoms with E-state index in [1.165, 1.54) is 6.07 Å². The average molecular weight is 395 g/mol. The van der Waals surface area contributed by atoms with Crippen molar-refractivity contribution in [1.29, 1.82) is 0 Å². The van der Waals surface area contributed by atoms with Crippen molar-refractivity contribution < 1.29 is 18.3 Å². The second kappa shape index (κ2) is 7.50. The number of rotatable bonds is 4. The van der Waals surface area contributed by atoms with Crippen LogP contribution in [0.15, 0.2) is 54.6 Å². The number of Topliss-reactive ketones (excluding diaryl/α,β-unsaturated/α-hetero) is 1. The first-order chi connectivity index (χ1) is 13.9. The van der Waals surface area contributed by atoms with Crippen molar-refractivity contribution in [2.75, 3.05) is 7.11 Å². The first-order valence-corrected chi connectivity index (χ1v) is 9.10. The van der Waals surface area contributed by atoms with Crippen LogP contribution in [0.1, 0.15) is 29.3 Å². The third-order valence-electron chi connectivity index (χ3n) is 4.87. The van der Waals surface area contributed by atoms with E-state index in [1.807, 2.05) is 35.9 Å². The molecule has 148 valence electrons. The molecular formula is C22H19F2N3O2. The molecule has 0 aliphatic carbocycles. The summed E-state index contributed by atoms with van der Waals surface area (Å²) >= 11 is 0. The number of hydrogen-bond acceptors (Lipinski definition) is 4. The lowest BCUT2D eigenvalue weighted by atomic mass is 10.0. The summed E-state index contributed by atoms with van der Waals surface area (Å²) < 4.78 is 34.0.